The normalized spacial score (nSPS) is 17.6. The average Bonchev–Trinajstić information content (AvgIpc) is 2.95. The molecule has 1 aliphatic heterocycles. The van der Waals surface area contributed by atoms with Gasteiger partial charge in [0.05, 0.1) is 12.7 Å². The Morgan fingerprint density at radius 2 is 1.96 bits per heavy atom. The summed E-state index contributed by atoms with van der Waals surface area (Å²) in [5.74, 6) is 0.921. The molecule has 0 radical (unpaired) electrons. The number of nitrogens with two attached hydrogens (primary N) is 1. The van der Waals surface area contributed by atoms with Crippen LogP contribution < -0.4 is 10.5 Å². The zero-order valence-corrected chi connectivity index (χ0v) is 15.3. The van der Waals surface area contributed by atoms with E-state index in [-0.39, 0.29) is 11.9 Å². The molecule has 1 amide bonds. The molecule has 1 aromatic heterocycles. The van der Waals surface area contributed by atoms with Gasteiger partial charge in [-0.25, -0.2) is 0 Å². The summed E-state index contributed by atoms with van der Waals surface area (Å²) in [5.41, 5.74) is 9.71. The molecule has 2 N–H and O–H groups in total. The van der Waals surface area contributed by atoms with Gasteiger partial charge in [-0.05, 0) is 63.4 Å². The second-order valence-corrected chi connectivity index (χ2v) is 6.70. The molecular formula is C20H27N3O2. The lowest BCUT2D eigenvalue weighted by atomic mass is 10.0. The number of piperidine rings is 1. The number of carbonyl (C=O) groups excluding carboxylic acids is 1. The van der Waals surface area contributed by atoms with E-state index < -0.39 is 0 Å². The molecule has 0 bridgehead atoms. The first-order valence-corrected chi connectivity index (χ1v) is 8.91. The number of aromatic nitrogens is 1. The summed E-state index contributed by atoms with van der Waals surface area (Å²) in [6.45, 7) is 5.37. The van der Waals surface area contributed by atoms with Gasteiger partial charge in [0.25, 0.3) is 5.91 Å². The highest BCUT2D eigenvalue weighted by molar-refractivity contribution is 5.96. The molecule has 5 nitrogen and oxygen atoms in total. The van der Waals surface area contributed by atoms with E-state index in [0.29, 0.717) is 6.54 Å². The molecule has 1 aromatic carbocycles. The molecule has 5 heteroatoms. The fraction of sp³-hybridized carbons (Fsp3) is 0.450. The van der Waals surface area contributed by atoms with Gasteiger partial charge in [-0.15, -0.1) is 0 Å². The summed E-state index contributed by atoms with van der Waals surface area (Å²) in [6.07, 6.45) is 3.20. The highest BCUT2D eigenvalue weighted by Crippen LogP contribution is 2.26. The number of benzene rings is 1. The molecule has 1 fully saturated rings. The van der Waals surface area contributed by atoms with Gasteiger partial charge < -0.3 is 19.9 Å². The van der Waals surface area contributed by atoms with Crippen LogP contribution in [0.4, 0.5) is 0 Å². The van der Waals surface area contributed by atoms with Crippen LogP contribution in [0.25, 0.3) is 5.69 Å². The Kier molecular flexibility index (Phi) is 5.13. The van der Waals surface area contributed by atoms with Crippen molar-refractivity contribution in [3.05, 3.63) is 47.3 Å². The fourth-order valence-corrected chi connectivity index (χ4v) is 3.78. The number of hydrogen-bond donors (Lipinski definition) is 1. The number of carbonyl (C=O) groups is 1. The summed E-state index contributed by atoms with van der Waals surface area (Å²) in [6, 6.07) is 10.0. The lowest BCUT2D eigenvalue weighted by molar-refractivity contribution is 0.0622. The smallest absolute Gasteiger partial charge is 0.255 e. The Bertz CT molecular complexity index is 749. The maximum atomic E-state index is 13.1. The molecule has 2 heterocycles. The summed E-state index contributed by atoms with van der Waals surface area (Å²) >= 11 is 0. The van der Waals surface area contributed by atoms with Crippen molar-refractivity contribution in [1.29, 1.82) is 0 Å². The van der Waals surface area contributed by atoms with Crippen molar-refractivity contribution in [2.75, 3.05) is 20.2 Å². The molecule has 1 atom stereocenters. The number of ether oxygens (including phenoxy) is 1. The molecule has 0 spiro atoms. The zero-order chi connectivity index (χ0) is 18.0. The number of methoxy groups -OCH3 is 1. The highest BCUT2D eigenvalue weighted by Gasteiger charge is 2.28. The lowest BCUT2D eigenvalue weighted by Crippen LogP contribution is -2.47. The van der Waals surface area contributed by atoms with E-state index in [9.17, 15) is 4.79 Å². The Balaban J connectivity index is 1.94. The molecule has 0 saturated carbocycles. The highest BCUT2D eigenvalue weighted by atomic mass is 16.5. The van der Waals surface area contributed by atoms with Crippen LogP contribution in [-0.4, -0.2) is 41.6 Å². The summed E-state index contributed by atoms with van der Waals surface area (Å²) in [4.78, 5) is 15.1. The SMILES string of the molecule is COc1ccc(-n2c(C)cc(C(=O)N3CCCCC3CN)c2C)cc1. The zero-order valence-electron chi connectivity index (χ0n) is 15.3. The molecule has 3 rings (SSSR count). The van der Waals surface area contributed by atoms with Gasteiger partial charge in [-0.3, -0.25) is 4.79 Å². The molecule has 2 aromatic rings. The van der Waals surface area contributed by atoms with Crippen LogP contribution in [0.2, 0.25) is 0 Å². The van der Waals surface area contributed by atoms with Crippen molar-refractivity contribution < 1.29 is 9.53 Å². The average molecular weight is 341 g/mol. The fourth-order valence-electron chi connectivity index (χ4n) is 3.78. The predicted octanol–water partition coefficient (Wildman–Crippen LogP) is 3.06. The summed E-state index contributed by atoms with van der Waals surface area (Å²) < 4.78 is 7.35. The van der Waals surface area contributed by atoms with Crippen LogP contribution >= 0.6 is 0 Å². The molecule has 134 valence electrons. The van der Waals surface area contributed by atoms with E-state index in [1.807, 2.05) is 49.1 Å². The van der Waals surface area contributed by atoms with Gasteiger partial charge in [0.15, 0.2) is 0 Å². The summed E-state index contributed by atoms with van der Waals surface area (Å²) in [7, 11) is 1.66. The maximum Gasteiger partial charge on any atom is 0.255 e. The summed E-state index contributed by atoms with van der Waals surface area (Å²) in [5, 5.41) is 0. The van der Waals surface area contributed by atoms with Crippen molar-refractivity contribution in [2.24, 2.45) is 5.73 Å². The van der Waals surface area contributed by atoms with Gasteiger partial charge in [-0.1, -0.05) is 0 Å². The first-order valence-electron chi connectivity index (χ1n) is 8.91. The van der Waals surface area contributed by atoms with E-state index in [4.69, 9.17) is 10.5 Å². The van der Waals surface area contributed by atoms with Crippen molar-refractivity contribution in [3.63, 3.8) is 0 Å². The van der Waals surface area contributed by atoms with Crippen LogP contribution in [0.15, 0.2) is 30.3 Å². The number of amides is 1. The second kappa shape index (κ2) is 7.31. The number of rotatable bonds is 4. The van der Waals surface area contributed by atoms with Crippen LogP contribution in [0, 0.1) is 13.8 Å². The minimum Gasteiger partial charge on any atom is -0.497 e. The second-order valence-electron chi connectivity index (χ2n) is 6.70. The third-order valence-electron chi connectivity index (χ3n) is 5.15. The molecular weight excluding hydrogens is 314 g/mol. The third-order valence-corrected chi connectivity index (χ3v) is 5.15. The van der Waals surface area contributed by atoms with E-state index in [1.54, 1.807) is 7.11 Å². The Morgan fingerprint density at radius 3 is 2.60 bits per heavy atom. The predicted molar refractivity (Wildman–Crippen MR) is 99.5 cm³/mol. The first-order chi connectivity index (χ1) is 12.1. The first kappa shape index (κ1) is 17.5. The van der Waals surface area contributed by atoms with Gasteiger partial charge in [0.1, 0.15) is 5.75 Å². The van der Waals surface area contributed by atoms with Crippen LogP contribution in [-0.2, 0) is 0 Å². The minimum absolute atomic E-state index is 0.100. The Hall–Kier alpha value is -2.27. The minimum atomic E-state index is 0.100. The number of likely N-dealkylation sites (tertiary alicyclic amines) is 1. The lowest BCUT2D eigenvalue weighted by Gasteiger charge is -2.35. The third kappa shape index (κ3) is 3.29. The van der Waals surface area contributed by atoms with E-state index in [2.05, 4.69) is 4.57 Å². The molecule has 1 saturated heterocycles. The standard InChI is InChI=1S/C20H27N3O2/c1-14-12-19(20(24)22-11-5-4-6-17(22)13-21)15(2)23(14)16-7-9-18(25-3)10-8-16/h7-10,12,17H,4-6,11,13,21H2,1-3H3. The number of hydrogen-bond acceptors (Lipinski definition) is 3. The van der Waals surface area contributed by atoms with E-state index in [0.717, 1.165) is 54.2 Å². The van der Waals surface area contributed by atoms with Crippen molar-refractivity contribution in [1.82, 2.24) is 9.47 Å². The van der Waals surface area contributed by atoms with Gasteiger partial charge in [-0.2, -0.15) is 0 Å². The number of aryl methyl sites for hydroxylation is 1. The quantitative estimate of drug-likeness (QED) is 0.930. The van der Waals surface area contributed by atoms with Gasteiger partial charge in [0.2, 0.25) is 0 Å². The van der Waals surface area contributed by atoms with Gasteiger partial charge >= 0.3 is 0 Å². The van der Waals surface area contributed by atoms with Crippen molar-refractivity contribution in [3.8, 4) is 11.4 Å². The monoisotopic (exact) mass is 341 g/mol. The van der Waals surface area contributed by atoms with E-state index in [1.165, 1.54) is 0 Å². The van der Waals surface area contributed by atoms with Crippen LogP contribution in [0.1, 0.15) is 41.0 Å². The molecule has 25 heavy (non-hydrogen) atoms. The Morgan fingerprint density at radius 1 is 1.24 bits per heavy atom. The topological polar surface area (TPSA) is 60.5 Å². The van der Waals surface area contributed by atoms with Crippen LogP contribution in [0.5, 0.6) is 5.75 Å². The van der Waals surface area contributed by atoms with E-state index >= 15 is 0 Å². The Labute approximate surface area is 149 Å². The van der Waals surface area contributed by atoms with Crippen molar-refractivity contribution >= 4 is 5.91 Å². The molecule has 1 aliphatic rings. The molecule has 1 unspecified atom stereocenters. The maximum absolute atomic E-state index is 13.1. The van der Waals surface area contributed by atoms with Gasteiger partial charge in [0, 0.05) is 36.2 Å². The van der Waals surface area contributed by atoms with Crippen LogP contribution in [0.3, 0.4) is 0 Å². The van der Waals surface area contributed by atoms with Crippen molar-refractivity contribution in [2.45, 2.75) is 39.2 Å². The largest absolute Gasteiger partial charge is 0.497 e. The molecule has 0 aliphatic carbocycles. The number of nitrogens with zero attached hydrogens (tertiary/aromatic N) is 2.